The molecular weight excluding hydrogens is 268 g/mol. The standard InChI is InChI=1S/C10H11ClO5S/c1-17(14,15)8-4-2-3-7(5-8)16-6-9(11)10(12)13/h2-5,9H,6H2,1H3,(H,12,13). The normalized spacial score (nSPS) is 13.1. The molecule has 1 aromatic rings. The van der Waals surface area contributed by atoms with Crippen LogP contribution in [0.1, 0.15) is 0 Å². The van der Waals surface area contributed by atoms with Crippen molar-refractivity contribution in [2.75, 3.05) is 12.9 Å². The van der Waals surface area contributed by atoms with Crippen molar-refractivity contribution in [1.29, 1.82) is 0 Å². The molecule has 0 bridgehead atoms. The number of benzene rings is 1. The van der Waals surface area contributed by atoms with Crippen LogP contribution < -0.4 is 4.74 Å². The van der Waals surface area contributed by atoms with Crippen molar-refractivity contribution < 1.29 is 23.1 Å². The second kappa shape index (κ2) is 5.37. The van der Waals surface area contributed by atoms with E-state index in [4.69, 9.17) is 21.4 Å². The highest BCUT2D eigenvalue weighted by Gasteiger charge is 2.15. The number of hydrogen-bond acceptors (Lipinski definition) is 4. The number of carboxylic acids is 1. The molecule has 1 atom stereocenters. The Hall–Kier alpha value is -1.27. The van der Waals surface area contributed by atoms with Crippen molar-refractivity contribution in [3.8, 4) is 5.75 Å². The van der Waals surface area contributed by atoms with Crippen molar-refractivity contribution in [2.24, 2.45) is 0 Å². The minimum absolute atomic E-state index is 0.108. The summed E-state index contributed by atoms with van der Waals surface area (Å²) in [5.41, 5.74) is 0. The quantitative estimate of drug-likeness (QED) is 0.818. The van der Waals surface area contributed by atoms with Gasteiger partial charge >= 0.3 is 5.97 Å². The number of hydrogen-bond donors (Lipinski definition) is 1. The van der Waals surface area contributed by atoms with Crippen molar-refractivity contribution in [1.82, 2.24) is 0 Å². The lowest BCUT2D eigenvalue weighted by Crippen LogP contribution is -2.21. The third kappa shape index (κ3) is 4.24. The number of aliphatic carboxylic acids is 1. The average Bonchev–Trinajstić information content (AvgIpc) is 2.25. The molecule has 17 heavy (non-hydrogen) atoms. The first kappa shape index (κ1) is 13.8. The van der Waals surface area contributed by atoms with Gasteiger partial charge in [0.25, 0.3) is 0 Å². The molecule has 0 amide bonds. The maximum absolute atomic E-state index is 11.3. The molecule has 0 saturated carbocycles. The largest absolute Gasteiger partial charge is 0.491 e. The van der Waals surface area contributed by atoms with Crippen molar-refractivity contribution >= 4 is 27.4 Å². The van der Waals surface area contributed by atoms with Crippen LogP contribution in [0.4, 0.5) is 0 Å². The molecular formula is C10H11ClO5S. The second-order valence-corrected chi connectivity index (χ2v) is 5.91. The summed E-state index contributed by atoms with van der Waals surface area (Å²) in [6, 6.07) is 5.79. The lowest BCUT2D eigenvalue weighted by Gasteiger charge is -2.08. The van der Waals surface area contributed by atoms with E-state index in [-0.39, 0.29) is 17.3 Å². The Morgan fingerprint density at radius 2 is 2.18 bits per heavy atom. The van der Waals surface area contributed by atoms with Gasteiger partial charge in [-0.2, -0.15) is 0 Å². The molecule has 1 aromatic carbocycles. The van der Waals surface area contributed by atoms with E-state index in [1.54, 1.807) is 0 Å². The van der Waals surface area contributed by atoms with Gasteiger partial charge in [-0.15, -0.1) is 11.6 Å². The number of alkyl halides is 1. The highest BCUT2D eigenvalue weighted by molar-refractivity contribution is 7.90. The third-order valence-electron chi connectivity index (χ3n) is 1.90. The van der Waals surface area contributed by atoms with Crippen molar-refractivity contribution in [3.05, 3.63) is 24.3 Å². The van der Waals surface area contributed by atoms with Crippen LogP contribution in [0.25, 0.3) is 0 Å². The summed E-state index contributed by atoms with van der Waals surface area (Å²) in [6.45, 7) is -0.232. The lowest BCUT2D eigenvalue weighted by molar-refractivity contribution is -0.137. The Bertz CT molecular complexity index is 511. The first-order valence-electron chi connectivity index (χ1n) is 4.60. The molecule has 7 heteroatoms. The van der Waals surface area contributed by atoms with Gasteiger partial charge in [0.1, 0.15) is 12.4 Å². The molecule has 0 aromatic heterocycles. The molecule has 94 valence electrons. The number of carbonyl (C=O) groups is 1. The molecule has 0 radical (unpaired) electrons. The van der Waals surface area contributed by atoms with Crippen LogP contribution in [-0.2, 0) is 14.6 Å². The van der Waals surface area contributed by atoms with Gasteiger partial charge in [-0.25, -0.2) is 8.42 Å². The van der Waals surface area contributed by atoms with Crippen molar-refractivity contribution in [2.45, 2.75) is 10.3 Å². The van der Waals surface area contributed by atoms with Gasteiger partial charge in [0.2, 0.25) is 0 Å². The fourth-order valence-electron chi connectivity index (χ4n) is 1.04. The topological polar surface area (TPSA) is 80.7 Å². The van der Waals surface area contributed by atoms with E-state index in [9.17, 15) is 13.2 Å². The maximum atomic E-state index is 11.3. The summed E-state index contributed by atoms with van der Waals surface area (Å²) in [6.07, 6.45) is 1.08. The first-order valence-corrected chi connectivity index (χ1v) is 6.93. The molecule has 0 aliphatic rings. The maximum Gasteiger partial charge on any atom is 0.325 e. The van der Waals surface area contributed by atoms with Crippen LogP contribution in [0.15, 0.2) is 29.2 Å². The van der Waals surface area contributed by atoms with Gasteiger partial charge in [-0.1, -0.05) is 6.07 Å². The lowest BCUT2D eigenvalue weighted by atomic mass is 10.3. The van der Waals surface area contributed by atoms with Crippen LogP contribution in [0, 0.1) is 0 Å². The van der Waals surface area contributed by atoms with Crippen LogP contribution >= 0.6 is 11.6 Å². The van der Waals surface area contributed by atoms with Gasteiger partial charge in [-0.05, 0) is 18.2 Å². The fourth-order valence-corrected chi connectivity index (χ4v) is 1.75. The summed E-state index contributed by atoms with van der Waals surface area (Å²) < 4.78 is 27.6. The zero-order valence-corrected chi connectivity index (χ0v) is 10.5. The van der Waals surface area contributed by atoms with E-state index in [1.807, 2.05) is 0 Å². The van der Waals surface area contributed by atoms with Gasteiger partial charge in [0.15, 0.2) is 15.2 Å². The molecule has 0 saturated heterocycles. The van der Waals surface area contributed by atoms with Crippen LogP contribution in [-0.4, -0.2) is 37.7 Å². The Morgan fingerprint density at radius 1 is 1.53 bits per heavy atom. The van der Waals surface area contributed by atoms with E-state index in [1.165, 1.54) is 24.3 Å². The van der Waals surface area contributed by atoms with E-state index in [0.717, 1.165) is 6.26 Å². The summed E-state index contributed by atoms with van der Waals surface area (Å²) in [4.78, 5) is 10.5. The van der Waals surface area contributed by atoms with Gasteiger partial charge < -0.3 is 9.84 Å². The molecule has 0 aliphatic heterocycles. The highest BCUT2D eigenvalue weighted by atomic mass is 35.5. The second-order valence-electron chi connectivity index (χ2n) is 3.36. The number of halogens is 1. The molecule has 0 heterocycles. The number of ether oxygens (including phenoxy) is 1. The van der Waals surface area contributed by atoms with Gasteiger partial charge in [-0.3, -0.25) is 4.79 Å². The molecule has 0 spiro atoms. The number of carboxylic acid groups (broad SMARTS) is 1. The van der Waals surface area contributed by atoms with Crippen LogP contribution in [0.3, 0.4) is 0 Å². The van der Waals surface area contributed by atoms with Crippen LogP contribution in [0.2, 0.25) is 0 Å². The summed E-state index contributed by atoms with van der Waals surface area (Å²) in [7, 11) is -3.31. The molecule has 1 unspecified atom stereocenters. The molecule has 1 N–H and O–H groups in total. The monoisotopic (exact) mass is 278 g/mol. The van der Waals surface area contributed by atoms with Crippen LogP contribution in [0.5, 0.6) is 5.75 Å². The summed E-state index contributed by atoms with van der Waals surface area (Å²) in [5, 5.41) is 7.37. The summed E-state index contributed by atoms with van der Waals surface area (Å²) in [5.74, 6) is -0.925. The molecule has 1 rings (SSSR count). The summed E-state index contributed by atoms with van der Waals surface area (Å²) >= 11 is 5.45. The van der Waals surface area contributed by atoms with E-state index in [0.29, 0.717) is 0 Å². The minimum atomic E-state index is -3.31. The zero-order valence-electron chi connectivity index (χ0n) is 8.96. The Labute approximate surface area is 104 Å². The highest BCUT2D eigenvalue weighted by Crippen LogP contribution is 2.17. The Balaban J connectivity index is 2.77. The fraction of sp³-hybridized carbons (Fsp3) is 0.300. The predicted octanol–water partition coefficient (Wildman–Crippen LogP) is 1.16. The van der Waals surface area contributed by atoms with Gasteiger partial charge in [0, 0.05) is 6.26 Å². The number of rotatable bonds is 5. The zero-order chi connectivity index (χ0) is 13.1. The number of sulfone groups is 1. The van der Waals surface area contributed by atoms with Crippen molar-refractivity contribution in [3.63, 3.8) is 0 Å². The third-order valence-corrected chi connectivity index (χ3v) is 3.32. The van der Waals surface area contributed by atoms with E-state index >= 15 is 0 Å². The first-order chi connectivity index (χ1) is 7.80. The Morgan fingerprint density at radius 3 is 2.71 bits per heavy atom. The Kier molecular flexibility index (Phi) is 4.36. The SMILES string of the molecule is CS(=O)(=O)c1cccc(OCC(Cl)C(=O)O)c1. The average molecular weight is 279 g/mol. The van der Waals surface area contributed by atoms with Gasteiger partial charge in [0.05, 0.1) is 4.90 Å². The van der Waals surface area contributed by atoms with E-state index in [2.05, 4.69) is 0 Å². The molecule has 0 aliphatic carbocycles. The molecule has 0 fully saturated rings. The predicted molar refractivity (Wildman–Crippen MR) is 62.3 cm³/mol. The molecule has 5 nitrogen and oxygen atoms in total. The smallest absolute Gasteiger partial charge is 0.325 e. The van der Waals surface area contributed by atoms with E-state index < -0.39 is 21.2 Å². The minimum Gasteiger partial charge on any atom is -0.491 e.